The van der Waals surface area contributed by atoms with Gasteiger partial charge in [-0.05, 0) is 39.9 Å². The van der Waals surface area contributed by atoms with Crippen LogP contribution in [0.15, 0.2) is 10.5 Å². The van der Waals surface area contributed by atoms with Gasteiger partial charge in [-0.3, -0.25) is 0 Å². The third-order valence-electron chi connectivity index (χ3n) is 3.44. The van der Waals surface area contributed by atoms with E-state index < -0.39 is 0 Å². The van der Waals surface area contributed by atoms with E-state index in [-0.39, 0.29) is 0 Å². The molecule has 2 rings (SSSR count). The van der Waals surface area contributed by atoms with Gasteiger partial charge in [-0.1, -0.05) is 0 Å². The van der Waals surface area contributed by atoms with Gasteiger partial charge in [-0.2, -0.15) is 0 Å². The number of hydrogen-bond donors (Lipinski definition) is 1. The van der Waals surface area contributed by atoms with Gasteiger partial charge in [0.25, 0.3) is 0 Å². The van der Waals surface area contributed by atoms with Crippen LogP contribution in [0.3, 0.4) is 0 Å². The first kappa shape index (κ1) is 13.6. The van der Waals surface area contributed by atoms with Gasteiger partial charge in [0.1, 0.15) is 18.1 Å². The van der Waals surface area contributed by atoms with Crippen LogP contribution in [0.2, 0.25) is 0 Å². The molecule has 4 heteroatoms. The monoisotopic (exact) mass is 252 g/mol. The van der Waals surface area contributed by atoms with Crippen LogP contribution in [0.25, 0.3) is 0 Å². The average Bonchev–Trinajstić information content (AvgIpc) is 3.12. The topological polar surface area (TPSA) is 37.6 Å². The predicted octanol–water partition coefficient (Wildman–Crippen LogP) is 1.92. The van der Waals surface area contributed by atoms with Crippen molar-refractivity contribution in [1.29, 1.82) is 0 Å². The second-order valence-corrected chi connectivity index (χ2v) is 5.09. The Bertz CT molecular complexity index is 372. The van der Waals surface area contributed by atoms with Crippen LogP contribution in [-0.4, -0.2) is 38.2 Å². The van der Waals surface area contributed by atoms with Crippen molar-refractivity contribution in [2.75, 3.05) is 27.2 Å². The molecule has 1 saturated carbocycles. The summed E-state index contributed by atoms with van der Waals surface area (Å²) in [6.45, 7) is 5.20. The molecule has 18 heavy (non-hydrogen) atoms. The quantitative estimate of drug-likeness (QED) is 0.717. The van der Waals surface area contributed by atoms with Crippen LogP contribution in [0.1, 0.15) is 29.9 Å². The Morgan fingerprint density at radius 1 is 1.50 bits per heavy atom. The molecule has 1 aliphatic carbocycles. The minimum Gasteiger partial charge on any atom is -0.464 e. The summed E-state index contributed by atoms with van der Waals surface area (Å²) < 4.78 is 11.3. The van der Waals surface area contributed by atoms with Crippen molar-refractivity contribution in [3.05, 3.63) is 23.2 Å². The van der Waals surface area contributed by atoms with E-state index in [1.807, 2.05) is 14.0 Å². The molecule has 0 spiro atoms. The van der Waals surface area contributed by atoms with Crippen molar-refractivity contribution in [3.63, 3.8) is 0 Å². The minimum atomic E-state index is 0.572. The Kier molecular flexibility index (Phi) is 4.80. The van der Waals surface area contributed by atoms with Crippen molar-refractivity contribution in [3.8, 4) is 0 Å². The summed E-state index contributed by atoms with van der Waals surface area (Å²) in [6.07, 6.45) is 2.70. The van der Waals surface area contributed by atoms with E-state index in [2.05, 4.69) is 23.3 Å². The van der Waals surface area contributed by atoms with E-state index in [0.717, 1.165) is 37.3 Å². The first-order chi connectivity index (χ1) is 8.70. The Labute approximate surface area is 109 Å². The number of furan rings is 1. The highest BCUT2D eigenvalue weighted by atomic mass is 16.5. The number of ether oxygens (including phenoxy) is 1. The fraction of sp³-hybridized carbons (Fsp3) is 0.714. The number of hydrogen-bond acceptors (Lipinski definition) is 4. The maximum absolute atomic E-state index is 5.66. The average molecular weight is 252 g/mol. The molecule has 0 amide bonds. The van der Waals surface area contributed by atoms with Crippen LogP contribution < -0.4 is 5.32 Å². The van der Waals surface area contributed by atoms with Gasteiger partial charge in [0.05, 0.1) is 6.61 Å². The van der Waals surface area contributed by atoms with Crippen LogP contribution in [0, 0.1) is 6.92 Å². The van der Waals surface area contributed by atoms with Crippen LogP contribution in [0.4, 0.5) is 0 Å². The summed E-state index contributed by atoms with van der Waals surface area (Å²) >= 11 is 0. The van der Waals surface area contributed by atoms with Gasteiger partial charge in [0.15, 0.2) is 0 Å². The Morgan fingerprint density at radius 2 is 2.28 bits per heavy atom. The largest absolute Gasteiger partial charge is 0.464 e. The Balaban J connectivity index is 1.67. The van der Waals surface area contributed by atoms with Crippen molar-refractivity contribution < 1.29 is 9.15 Å². The highest BCUT2D eigenvalue weighted by molar-refractivity contribution is 5.20. The van der Waals surface area contributed by atoms with E-state index in [1.54, 1.807) is 0 Å². The van der Waals surface area contributed by atoms with Gasteiger partial charge in [-0.15, -0.1) is 0 Å². The predicted molar refractivity (Wildman–Crippen MR) is 71.5 cm³/mol. The summed E-state index contributed by atoms with van der Waals surface area (Å²) in [7, 11) is 4.11. The van der Waals surface area contributed by atoms with Crippen molar-refractivity contribution in [1.82, 2.24) is 10.2 Å². The Morgan fingerprint density at radius 3 is 2.94 bits per heavy atom. The molecule has 4 nitrogen and oxygen atoms in total. The number of nitrogens with one attached hydrogen (secondary N) is 1. The molecule has 102 valence electrons. The Hall–Kier alpha value is -0.840. The van der Waals surface area contributed by atoms with Crippen molar-refractivity contribution in [2.45, 2.75) is 39.0 Å². The summed E-state index contributed by atoms with van der Waals surface area (Å²) in [4.78, 5) is 2.37. The fourth-order valence-corrected chi connectivity index (χ4v) is 2.10. The normalized spacial score (nSPS) is 15.6. The van der Waals surface area contributed by atoms with E-state index in [0.29, 0.717) is 6.61 Å². The highest BCUT2D eigenvalue weighted by Crippen LogP contribution is 2.24. The summed E-state index contributed by atoms with van der Waals surface area (Å²) in [5, 5.41) is 3.13. The lowest BCUT2D eigenvalue weighted by atomic mass is 10.2. The molecular weight excluding hydrogens is 228 g/mol. The van der Waals surface area contributed by atoms with Gasteiger partial charge < -0.3 is 19.4 Å². The second-order valence-electron chi connectivity index (χ2n) is 5.09. The highest BCUT2D eigenvalue weighted by Gasteiger charge is 2.25. The number of likely N-dealkylation sites (N-methyl/N-ethyl adjacent to an activating group) is 1. The first-order valence-electron chi connectivity index (χ1n) is 6.71. The third kappa shape index (κ3) is 3.83. The van der Waals surface area contributed by atoms with E-state index in [4.69, 9.17) is 9.15 Å². The van der Waals surface area contributed by atoms with Crippen LogP contribution >= 0.6 is 0 Å². The maximum Gasteiger partial charge on any atom is 0.130 e. The molecule has 0 radical (unpaired) electrons. The lowest BCUT2D eigenvalue weighted by Crippen LogP contribution is -2.25. The fourth-order valence-electron chi connectivity index (χ4n) is 2.10. The molecule has 1 aromatic rings. The smallest absolute Gasteiger partial charge is 0.130 e. The van der Waals surface area contributed by atoms with Gasteiger partial charge in [0.2, 0.25) is 0 Å². The summed E-state index contributed by atoms with van der Waals surface area (Å²) in [6, 6.07) is 2.89. The van der Waals surface area contributed by atoms with Crippen molar-refractivity contribution in [2.24, 2.45) is 0 Å². The van der Waals surface area contributed by atoms with Gasteiger partial charge in [0, 0.05) is 24.7 Å². The molecule has 1 fully saturated rings. The molecular formula is C14H24N2O2. The molecule has 0 aromatic carbocycles. The van der Waals surface area contributed by atoms with E-state index in [1.165, 1.54) is 18.4 Å². The molecule has 1 aromatic heterocycles. The zero-order chi connectivity index (χ0) is 13.0. The SMILES string of the molecule is CNCc1cc(COCCN(C)C2CC2)oc1C. The molecule has 0 bridgehead atoms. The lowest BCUT2D eigenvalue weighted by Gasteiger charge is -2.14. The number of aryl methyl sites for hydroxylation is 1. The summed E-state index contributed by atoms with van der Waals surface area (Å²) in [5.41, 5.74) is 1.21. The molecule has 0 unspecified atom stereocenters. The standard InChI is InChI=1S/C14H24N2O2/c1-11-12(9-15-2)8-14(18-11)10-17-7-6-16(3)13-4-5-13/h8,13,15H,4-7,9-10H2,1-3H3. The lowest BCUT2D eigenvalue weighted by molar-refractivity contribution is 0.0858. The second kappa shape index (κ2) is 6.36. The first-order valence-corrected chi connectivity index (χ1v) is 6.71. The maximum atomic E-state index is 5.66. The van der Waals surface area contributed by atoms with Crippen molar-refractivity contribution >= 4 is 0 Å². The van der Waals surface area contributed by atoms with Gasteiger partial charge in [-0.25, -0.2) is 0 Å². The number of rotatable bonds is 8. The molecule has 1 N–H and O–H groups in total. The van der Waals surface area contributed by atoms with E-state index >= 15 is 0 Å². The molecule has 1 heterocycles. The number of nitrogens with zero attached hydrogens (tertiary/aromatic N) is 1. The van der Waals surface area contributed by atoms with Gasteiger partial charge >= 0.3 is 0 Å². The van der Waals surface area contributed by atoms with Crippen LogP contribution in [-0.2, 0) is 17.9 Å². The molecule has 0 atom stereocenters. The minimum absolute atomic E-state index is 0.572. The molecule has 0 saturated heterocycles. The zero-order valence-corrected chi connectivity index (χ0v) is 11.7. The zero-order valence-electron chi connectivity index (χ0n) is 11.7. The summed E-state index contributed by atoms with van der Waals surface area (Å²) in [5.74, 6) is 1.91. The molecule has 1 aliphatic rings. The molecule has 0 aliphatic heterocycles. The van der Waals surface area contributed by atoms with Crippen LogP contribution in [0.5, 0.6) is 0 Å². The van der Waals surface area contributed by atoms with E-state index in [9.17, 15) is 0 Å². The third-order valence-corrected chi connectivity index (χ3v) is 3.44.